The van der Waals surface area contributed by atoms with Crippen LogP contribution in [0.5, 0.6) is 0 Å². The van der Waals surface area contributed by atoms with E-state index in [0.717, 1.165) is 22.5 Å². The van der Waals surface area contributed by atoms with Gasteiger partial charge in [0.25, 0.3) is 11.8 Å². The molecule has 4 N–H and O–H groups in total. The first-order valence-corrected chi connectivity index (χ1v) is 11.8. The fraction of sp³-hybridized carbons (Fsp3) is 0.107. The molecule has 190 valence electrons. The number of rotatable bonds is 8. The average Bonchev–Trinajstić information content (AvgIpc) is 3.55. The van der Waals surface area contributed by atoms with Gasteiger partial charge in [0.2, 0.25) is 0 Å². The molecule has 2 amide bonds. The summed E-state index contributed by atoms with van der Waals surface area (Å²) in [6.45, 7) is 2.17. The van der Waals surface area contributed by atoms with E-state index in [2.05, 4.69) is 35.9 Å². The number of aromatic nitrogens is 4. The summed E-state index contributed by atoms with van der Waals surface area (Å²) in [6, 6.07) is 11.6. The van der Waals surface area contributed by atoms with Crippen molar-refractivity contribution in [3.05, 3.63) is 114 Å². The summed E-state index contributed by atoms with van der Waals surface area (Å²) in [5.41, 5.74) is 3.55. The Balaban J connectivity index is 1.30. The van der Waals surface area contributed by atoms with Crippen molar-refractivity contribution in [3.63, 3.8) is 0 Å². The summed E-state index contributed by atoms with van der Waals surface area (Å²) in [7, 11) is 0. The number of anilines is 1. The first-order valence-electron chi connectivity index (χ1n) is 11.8. The largest absolute Gasteiger partial charge is 0.345 e. The molecule has 3 heterocycles. The Hall–Kier alpha value is -4.96. The quantitative estimate of drug-likeness (QED) is 0.212. The van der Waals surface area contributed by atoms with Gasteiger partial charge in [-0.2, -0.15) is 0 Å². The predicted octanol–water partition coefficient (Wildman–Crippen LogP) is 3.74. The van der Waals surface area contributed by atoms with E-state index in [4.69, 9.17) is 0 Å². The van der Waals surface area contributed by atoms with Gasteiger partial charge in [0.15, 0.2) is 0 Å². The Bertz CT molecular complexity index is 1520. The number of hydrogen-bond acceptors (Lipinski definition) is 6. The van der Waals surface area contributed by atoms with Crippen molar-refractivity contribution in [2.45, 2.75) is 12.6 Å². The van der Waals surface area contributed by atoms with E-state index in [1.54, 1.807) is 37.7 Å². The number of fused-ring (bicyclic) bond motifs is 1. The van der Waals surface area contributed by atoms with Gasteiger partial charge in [-0.25, -0.2) is 14.4 Å². The lowest BCUT2D eigenvalue weighted by Crippen LogP contribution is -2.54. The topological polar surface area (TPSA) is 125 Å². The van der Waals surface area contributed by atoms with Crippen LogP contribution in [0.25, 0.3) is 17.7 Å². The molecule has 1 atom stereocenters. The van der Waals surface area contributed by atoms with Crippen molar-refractivity contribution in [3.8, 4) is 0 Å². The van der Waals surface area contributed by atoms with E-state index >= 15 is 0 Å². The summed E-state index contributed by atoms with van der Waals surface area (Å²) in [6.07, 6.45) is 13.1. The number of nitrogens with one attached hydrogen (secondary N) is 4. The van der Waals surface area contributed by atoms with Gasteiger partial charge in [0, 0.05) is 30.2 Å². The van der Waals surface area contributed by atoms with Crippen LogP contribution in [0.4, 0.5) is 10.1 Å². The standard InChI is InChI=1S/C28H24FN7O2/c1-28(19-5-7-20(29)8-6-19,36-27(38)25-16-30-11-12-32-25)34-10-2-3-18-4-9-22-23(14-21-15-31-17-33-21)26(37)35-24(22)13-18/h2-9,11-17,34H,10H2,1H3,(H,31,33)(H,35,37)(H,36,38)/b3-2+,23-14-/t28-/m0/s1. The lowest BCUT2D eigenvalue weighted by molar-refractivity contribution is -0.110. The van der Waals surface area contributed by atoms with Crippen LogP contribution >= 0.6 is 0 Å². The fourth-order valence-electron chi connectivity index (χ4n) is 4.13. The van der Waals surface area contributed by atoms with Gasteiger partial charge in [-0.05, 0) is 42.3 Å². The van der Waals surface area contributed by atoms with Crippen molar-refractivity contribution in [1.82, 2.24) is 30.6 Å². The van der Waals surface area contributed by atoms with Crippen molar-refractivity contribution in [1.29, 1.82) is 0 Å². The average molecular weight is 510 g/mol. The number of nitrogens with zero attached hydrogens (tertiary/aromatic N) is 3. The number of H-pyrrole nitrogens is 1. The zero-order valence-electron chi connectivity index (χ0n) is 20.4. The molecule has 2 aromatic carbocycles. The van der Waals surface area contributed by atoms with Crippen LogP contribution in [-0.4, -0.2) is 38.3 Å². The Morgan fingerprint density at radius 2 is 1.95 bits per heavy atom. The smallest absolute Gasteiger partial charge is 0.273 e. The lowest BCUT2D eigenvalue weighted by atomic mass is 10.0. The number of benzene rings is 2. The first-order chi connectivity index (χ1) is 18.4. The highest BCUT2D eigenvalue weighted by Gasteiger charge is 2.29. The number of halogens is 1. The molecule has 0 spiro atoms. The summed E-state index contributed by atoms with van der Waals surface area (Å²) < 4.78 is 13.6. The molecule has 38 heavy (non-hydrogen) atoms. The third-order valence-corrected chi connectivity index (χ3v) is 6.11. The van der Waals surface area contributed by atoms with Crippen LogP contribution in [0.1, 0.15) is 39.8 Å². The zero-order chi connectivity index (χ0) is 26.5. The van der Waals surface area contributed by atoms with Gasteiger partial charge in [0.1, 0.15) is 17.2 Å². The zero-order valence-corrected chi connectivity index (χ0v) is 20.4. The SMILES string of the molecule is C[C@](NC/C=C/c1ccc2c(c1)NC(=O)/C2=C\c1cnc[nH]1)(NC(=O)c1cnccn1)c1ccc(F)cc1. The number of hydrogen-bond donors (Lipinski definition) is 4. The summed E-state index contributed by atoms with van der Waals surface area (Å²) >= 11 is 0. The van der Waals surface area contributed by atoms with Crippen molar-refractivity contribution < 1.29 is 14.0 Å². The molecule has 0 saturated carbocycles. The lowest BCUT2D eigenvalue weighted by Gasteiger charge is -2.32. The third kappa shape index (κ3) is 5.40. The second kappa shape index (κ2) is 10.6. The molecule has 4 aromatic rings. The molecule has 0 aliphatic carbocycles. The molecule has 0 unspecified atom stereocenters. The highest BCUT2D eigenvalue weighted by Crippen LogP contribution is 2.33. The maximum atomic E-state index is 13.6. The monoisotopic (exact) mass is 509 g/mol. The molecule has 9 nitrogen and oxygen atoms in total. The number of amides is 2. The Morgan fingerprint density at radius 3 is 2.68 bits per heavy atom. The molecule has 0 fully saturated rings. The number of carbonyl (C=O) groups is 2. The van der Waals surface area contributed by atoms with Gasteiger partial charge >= 0.3 is 0 Å². The van der Waals surface area contributed by atoms with E-state index in [9.17, 15) is 14.0 Å². The summed E-state index contributed by atoms with van der Waals surface area (Å²) in [5, 5.41) is 9.15. The van der Waals surface area contributed by atoms with E-state index < -0.39 is 11.6 Å². The van der Waals surface area contributed by atoms with Crippen molar-refractivity contribution in [2.24, 2.45) is 0 Å². The van der Waals surface area contributed by atoms with Crippen LogP contribution in [0, 0.1) is 5.82 Å². The molecule has 0 saturated heterocycles. The van der Waals surface area contributed by atoms with E-state index in [1.165, 1.54) is 30.7 Å². The Kier molecular flexibility index (Phi) is 6.88. The van der Waals surface area contributed by atoms with Crippen LogP contribution in [-0.2, 0) is 10.5 Å². The Morgan fingerprint density at radius 1 is 1.11 bits per heavy atom. The molecule has 0 radical (unpaired) electrons. The van der Waals surface area contributed by atoms with Gasteiger partial charge in [-0.15, -0.1) is 0 Å². The maximum Gasteiger partial charge on any atom is 0.273 e. The fourth-order valence-corrected chi connectivity index (χ4v) is 4.13. The normalized spacial score (nSPS) is 15.3. The molecular formula is C28H24FN7O2. The second-order valence-corrected chi connectivity index (χ2v) is 8.78. The number of carbonyl (C=O) groups excluding carboxylic acids is 2. The Labute approximate surface area is 218 Å². The van der Waals surface area contributed by atoms with Crippen LogP contribution < -0.4 is 16.0 Å². The first kappa shape index (κ1) is 24.7. The van der Waals surface area contributed by atoms with Crippen LogP contribution in [0.2, 0.25) is 0 Å². The molecule has 1 aliphatic rings. The van der Waals surface area contributed by atoms with Crippen LogP contribution in [0.3, 0.4) is 0 Å². The molecule has 1 aliphatic heterocycles. The van der Waals surface area contributed by atoms with Crippen molar-refractivity contribution >= 4 is 35.2 Å². The number of aromatic amines is 1. The van der Waals surface area contributed by atoms with Gasteiger partial charge in [-0.1, -0.05) is 36.4 Å². The molecule has 2 aromatic heterocycles. The van der Waals surface area contributed by atoms with E-state index in [1.807, 2.05) is 30.4 Å². The molecule has 0 bridgehead atoms. The van der Waals surface area contributed by atoms with Crippen molar-refractivity contribution in [2.75, 3.05) is 11.9 Å². The molecular weight excluding hydrogens is 485 g/mol. The predicted molar refractivity (Wildman–Crippen MR) is 142 cm³/mol. The minimum Gasteiger partial charge on any atom is -0.345 e. The second-order valence-electron chi connectivity index (χ2n) is 8.78. The number of imidazole rings is 1. The molecule has 5 rings (SSSR count). The highest BCUT2D eigenvalue weighted by molar-refractivity contribution is 6.34. The van der Waals surface area contributed by atoms with Gasteiger partial charge < -0.3 is 15.6 Å². The summed E-state index contributed by atoms with van der Waals surface area (Å²) in [5.74, 6) is -0.969. The highest BCUT2D eigenvalue weighted by atomic mass is 19.1. The van der Waals surface area contributed by atoms with Crippen LogP contribution in [0.15, 0.2) is 79.7 Å². The minimum absolute atomic E-state index is 0.166. The molecule has 10 heteroatoms. The van der Waals surface area contributed by atoms with Gasteiger partial charge in [0.05, 0.1) is 30.0 Å². The van der Waals surface area contributed by atoms with Gasteiger partial charge in [-0.3, -0.25) is 19.9 Å². The third-order valence-electron chi connectivity index (χ3n) is 6.11. The minimum atomic E-state index is -1.02. The maximum absolute atomic E-state index is 13.6. The van der Waals surface area contributed by atoms with E-state index in [0.29, 0.717) is 17.7 Å². The summed E-state index contributed by atoms with van der Waals surface area (Å²) in [4.78, 5) is 40.2. The van der Waals surface area contributed by atoms with E-state index in [-0.39, 0.29) is 17.4 Å².